The average molecular weight is 346 g/mol. The third-order valence-corrected chi connectivity index (χ3v) is 4.31. The molecule has 126 valence electrons. The van der Waals surface area contributed by atoms with Crippen molar-refractivity contribution >= 4 is 23.3 Å². The van der Waals surface area contributed by atoms with Crippen molar-refractivity contribution in [1.82, 2.24) is 20.0 Å². The normalized spacial score (nSPS) is 15.3. The maximum Gasteiger partial charge on any atom is 0.274 e. The molecular formula is C17H20ClN5O. The topological polar surface area (TPSA) is 61.4 Å². The van der Waals surface area contributed by atoms with Gasteiger partial charge in [0.25, 0.3) is 5.91 Å². The number of piperazine rings is 1. The number of rotatable bonds is 4. The summed E-state index contributed by atoms with van der Waals surface area (Å²) in [6.07, 6.45) is 0. The Morgan fingerprint density at radius 3 is 2.42 bits per heavy atom. The van der Waals surface area contributed by atoms with E-state index in [1.807, 2.05) is 29.2 Å². The highest BCUT2D eigenvalue weighted by Crippen LogP contribution is 2.12. The van der Waals surface area contributed by atoms with Crippen molar-refractivity contribution in [1.29, 1.82) is 0 Å². The number of hydrogen-bond donors (Lipinski definition) is 1. The van der Waals surface area contributed by atoms with E-state index in [0.29, 0.717) is 23.1 Å². The minimum absolute atomic E-state index is 0.0557. The summed E-state index contributed by atoms with van der Waals surface area (Å²) in [5, 5.41) is 12.1. The number of benzene rings is 1. The van der Waals surface area contributed by atoms with Gasteiger partial charge in [0.15, 0.2) is 5.69 Å². The summed E-state index contributed by atoms with van der Waals surface area (Å²) >= 11 is 5.87. The lowest BCUT2D eigenvalue weighted by Gasteiger charge is -2.32. The summed E-state index contributed by atoms with van der Waals surface area (Å²) in [6.45, 7) is 3.86. The van der Waals surface area contributed by atoms with Crippen LogP contribution in [0.25, 0.3) is 0 Å². The summed E-state index contributed by atoms with van der Waals surface area (Å²) in [5.74, 6) is 0.583. The summed E-state index contributed by atoms with van der Waals surface area (Å²) in [4.78, 5) is 16.4. The predicted molar refractivity (Wildman–Crippen MR) is 94.2 cm³/mol. The zero-order valence-electron chi connectivity index (χ0n) is 13.6. The number of nitrogens with zero attached hydrogens (tertiary/aromatic N) is 4. The van der Waals surface area contributed by atoms with Crippen molar-refractivity contribution < 1.29 is 4.79 Å². The third-order valence-electron chi connectivity index (χ3n) is 4.06. The van der Waals surface area contributed by atoms with E-state index in [0.717, 1.165) is 31.7 Å². The molecule has 0 saturated carbocycles. The Morgan fingerprint density at radius 1 is 1.08 bits per heavy atom. The lowest BCUT2D eigenvalue weighted by Crippen LogP contribution is -2.47. The van der Waals surface area contributed by atoms with E-state index in [1.54, 1.807) is 12.1 Å². The molecule has 3 rings (SSSR count). The fourth-order valence-corrected chi connectivity index (χ4v) is 2.63. The molecule has 0 spiro atoms. The van der Waals surface area contributed by atoms with E-state index in [2.05, 4.69) is 27.5 Å². The molecule has 2 heterocycles. The second-order valence-electron chi connectivity index (χ2n) is 5.88. The molecule has 0 atom stereocenters. The molecule has 1 fully saturated rings. The zero-order chi connectivity index (χ0) is 16.9. The van der Waals surface area contributed by atoms with E-state index >= 15 is 0 Å². The number of aromatic nitrogens is 2. The Morgan fingerprint density at radius 2 is 1.79 bits per heavy atom. The number of carbonyl (C=O) groups is 1. The number of nitrogens with one attached hydrogen (secondary N) is 1. The first-order valence-corrected chi connectivity index (χ1v) is 8.29. The van der Waals surface area contributed by atoms with Crippen molar-refractivity contribution in [2.75, 3.05) is 38.5 Å². The van der Waals surface area contributed by atoms with E-state index in [9.17, 15) is 4.79 Å². The minimum atomic E-state index is -0.0557. The molecule has 6 nitrogen and oxygen atoms in total. The number of carbonyl (C=O) groups excluding carboxylic acids is 1. The van der Waals surface area contributed by atoms with Gasteiger partial charge in [-0.1, -0.05) is 23.7 Å². The number of hydrogen-bond acceptors (Lipinski definition) is 5. The van der Waals surface area contributed by atoms with Crippen LogP contribution >= 0.6 is 11.6 Å². The fourth-order valence-electron chi connectivity index (χ4n) is 2.51. The summed E-state index contributed by atoms with van der Waals surface area (Å²) in [7, 11) is 2.06. The van der Waals surface area contributed by atoms with Crippen molar-refractivity contribution in [2.24, 2.45) is 0 Å². The molecule has 7 heteroatoms. The van der Waals surface area contributed by atoms with Gasteiger partial charge in [0.2, 0.25) is 0 Å². The van der Waals surface area contributed by atoms with Crippen LogP contribution in [-0.2, 0) is 6.54 Å². The molecule has 1 aliphatic rings. The van der Waals surface area contributed by atoms with Crippen molar-refractivity contribution in [3.63, 3.8) is 0 Å². The Kier molecular flexibility index (Phi) is 5.27. The highest BCUT2D eigenvalue weighted by molar-refractivity contribution is 6.30. The number of likely N-dealkylation sites (N-methyl/N-ethyl adjacent to an activating group) is 1. The Balaban J connectivity index is 1.56. The molecule has 1 aromatic carbocycles. The zero-order valence-corrected chi connectivity index (χ0v) is 14.3. The van der Waals surface area contributed by atoms with Crippen molar-refractivity contribution in [2.45, 2.75) is 6.54 Å². The second-order valence-corrected chi connectivity index (χ2v) is 6.32. The van der Waals surface area contributed by atoms with Crippen LogP contribution in [-0.4, -0.2) is 59.1 Å². The quantitative estimate of drug-likeness (QED) is 0.919. The molecule has 1 amide bonds. The van der Waals surface area contributed by atoms with Gasteiger partial charge in [-0.3, -0.25) is 4.79 Å². The second kappa shape index (κ2) is 7.59. The molecule has 0 bridgehead atoms. The Hall–Kier alpha value is -2.18. The van der Waals surface area contributed by atoms with Gasteiger partial charge in [-0.2, -0.15) is 0 Å². The monoisotopic (exact) mass is 345 g/mol. The molecule has 1 aliphatic heterocycles. The van der Waals surface area contributed by atoms with E-state index in [-0.39, 0.29) is 5.91 Å². The standard InChI is InChI=1S/C17H20ClN5O/c1-22-8-10-23(11-9-22)17(24)15-6-7-16(21-20-15)19-12-13-2-4-14(18)5-3-13/h2-7H,8-12H2,1H3,(H,19,21). The molecule has 0 radical (unpaired) electrons. The molecule has 2 aromatic rings. The SMILES string of the molecule is CN1CCN(C(=O)c2ccc(NCc3ccc(Cl)cc3)nn2)CC1. The molecule has 0 aliphatic carbocycles. The lowest BCUT2D eigenvalue weighted by molar-refractivity contribution is 0.0657. The summed E-state index contributed by atoms with van der Waals surface area (Å²) in [6, 6.07) is 11.1. The Labute approximate surface area is 146 Å². The number of anilines is 1. The molecule has 1 aromatic heterocycles. The van der Waals surface area contributed by atoms with Gasteiger partial charge in [0, 0.05) is 37.7 Å². The Bertz CT molecular complexity index is 681. The highest BCUT2D eigenvalue weighted by Gasteiger charge is 2.21. The minimum Gasteiger partial charge on any atom is -0.365 e. The van der Waals surface area contributed by atoms with Gasteiger partial charge in [-0.25, -0.2) is 0 Å². The molecule has 1 saturated heterocycles. The van der Waals surface area contributed by atoms with E-state index < -0.39 is 0 Å². The van der Waals surface area contributed by atoms with Crippen LogP contribution in [0.5, 0.6) is 0 Å². The third kappa shape index (κ3) is 4.21. The lowest BCUT2D eigenvalue weighted by atomic mass is 10.2. The molecular weight excluding hydrogens is 326 g/mol. The van der Waals surface area contributed by atoms with Gasteiger partial charge in [0.05, 0.1) is 0 Å². The highest BCUT2D eigenvalue weighted by atomic mass is 35.5. The first-order valence-electron chi connectivity index (χ1n) is 7.92. The average Bonchev–Trinajstić information content (AvgIpc) is 2.62. The van der Waals surface area contributed by atoms with Gasteiger partial charge in [-0.15, -0.1) is 10.2 Å². The molecule has 1 N–H and O–H groups in total. The maximum absolute atomic E-state index is 12.4. The van der Waals surface area contributed by atoms with Gasteiger partial charge in [0.1, 0.15) is 5.82 Å². The first kappa shape index (κ1) is 16.7. The van der Waals surface area contributed by atoms with Gasteiger partial charge < -0.3 is 15.1 Å². The maximum atomic E-state index is 12.4. The van der Waals surface area contributed by atoms with Crippen LogP contribution in [0.3, 0.4) is 0 Å². The van der Waals surface area contributed by atoms with Gasteiger partial charge in [-0.05, 0) is 36.9 Å². The van der Waals surface area contributed by atoms with E-state index in [1.165, 1.54) is 0 Å². The van der Waals surface area contributed by atoms with Crippen LogP contribution in [0.2, 0.25) is 5.02 Å². The molecule has 24 heavy (non-hydrogen) atoms. The van der Waals surface area contributed by atoms with Crippen LogP contribution in [0.15, 0.2) is 36.4 Å². The number of amides is 1. The van der Waals surface area contributed by atoms with Crippen LogP contribution in [0.4, 0.5) is 5.82 Å². The summed E-state index contributed by atoms with van der Waals surface area (Å²) in [5.41, 5.74) is 1.48. The van der Waals surface area contributed by atoms with Crippen molar-refractivity contribution in [3.05, 3.63) is 52.7 Å². The van der Waals surface area contributed by atoms with Gasteiger partial charge >= 0.3 is 0 Å². The first-order chi connectivity index (χ1) is 11.6. The van der Waals surface area contributed by atoms with Crippen LogP contribution < -0.4 is 5.32 Å². The van der Waals surface area contributed by atoms with E-state index in [4.69, 9.17) is 11.6 Å². The largest absolute Gasteiger partial charge is 0.365 e. The van der Waals surface area contributed by atoms with Crippen molar-refractivity contribution in [3.8, 4) is 0 Å². The van der Waals surface area contributed by atoms with Crippen LogP contribution in [0.1, 0.15) is 16.1 Å². The molecule has 0 unspecified atom stereocenters. The number of halogens is 1. The predicted octanol–water partition coefficient (Wildman–Crippen LogP) is 2.13. The smallest absolute Gasteiger partial charge is 0.274 e. The fraction of sp³-hybridized carbons (Fsp3) is 0.353. The van der Waals surface area contributed by atoms with Crippen LogP contribution in [0, 0.1) is 0 Å². The summed E-state index contributed by atoms with van der Waals surface area (Å²) < 4.78 is 0.